The fourth-order valence-electron chi connectivity index (χ4n) is 2.46. The van der Waals surface area contributed by atoms with E-state index >= 15 is 0 Å². The quantitative estimate of drug-likeness (QED) is 0.700. The minimum absolute atomic E-state index is 0.0269. The number of amides is 1. The Hall–Kier alpha value is -2.73. The second-order valence-electron chi connectivity index (χ2n) is 5.68. The Labute approximate surface area is 150 Å². The summed E-state index contributed by atoms with van der Waals surface area (Å²) in [5.74, 6) is 0.776. The smallest absolute Gasteiger partial charge is 0.265 e. The van der Waals surface area contributed by atoms with E-state index < -0.39 is 0 Å². The van der Waals surface area contributed by atoms with E-state index in [0.29, 0.717) is 11.4 Å². The monoisotopic (exact) mass is 353 g/mol. The molecule has 25 heavy (non-hydrogen) atoms. The first-order valence-corrected chi connectivity index (χ1v) is 8.66. The first kappa shape index (κ1) is 17.1. The Morgan fingerprint density at radius 2 is 2.00 bits per heavy atom. The van der Waals surface area contributed by atoms with E-state index in [1.807, 2.05) is 43.3 Å². The molecule has 0 fully saturated rings. The van der Waals surface area contributed by atoms with Crippen LogP contribution in [0.4, 0.5) is 0 Å². The molecule has 0 N–H and O–H groups in total. The summed E-state index contributed by atoms with van der Waals surface area (Å²) in [6.45, 7) is 2.40. The molecule has 0 spiro atoms. The van der Waals surface area contributed by atoms with Crippen molar-refractivity contribution >= 4 is 17.2 Å². The molecule has 1 aromatic carbocycles. The lowest BCUT2D eigenvalue weighted by molar-refractivity contribution is 0.0789. The first-order chi connectivity index (χ1) is 12.1. The lowest BCUT2D eigenvalue weighted by Crippen LogP contribution is -2.26. The van der Waals surface area contributed by atoms with Gasteiger partial charge in [-0.3, -0.25) is 9.78 Å². The summed E-state index contributed by atoms with van der Waals surface area (Å²) >= 11 is 1.40. The maximum atomic E-state index is 12.8. The zero-order valence-corrected chi connectivity index (χ0v) is 15.2. The van der Waals surface area contributed by atoms with Gasteiger partial charge in [-0.05, 0) is 36.8 Å². The Kier molecular flexibility index (Phi) is 5.09. The van der Waals surface area contributed by atoms with Crippen LogP contribution in [-0.2, 0) is 6.54 Å². The summed E-state index contributed by atoms with van der Waals surface area (Å²) < 4.78 is 5.16. The predicted octanol–water partition coefficient (Wildman–Crippen LogP) is 3.79. The van der Waals surface area contributed by atoms with Gasteiger partial charge in [0.05, 0.1) is 12.8 Å². The number of hydrogen-bond donors (Lipinski definition) is 0. The second-order valence-corrected chi connectivity index (χ2v) is 6.68. The van der Waals surface area contributed by atoms with E-state index in [1.54, 1.807) is 31.5 Å². The van der Waals surface area contributed by atoms with Crippen LogP contribution in [0.3, 0.4) is 0 Å². The molecule has 0 radical (unpaired) electrons. The average Bonchev–Trinajstić information content (AvgIpc) is 3.04. The number of aryl methyl sites for hydroxylation is 1. The SMILES string of the molecule is COc1ccc(CN(C)C(=O)c2sc(-c3cccnc3)nc2C)cc1. The van der Waals surface area contributed by atoms with Crippen LogP contribution in [0.5, 0.6) is 5.75 Å². The van der Waals surface area contributed by atoms with Crippen molar-refractivity contribution in [2.24, 2.45) is 0 Å². The predicted molar refractivity (Wildman–Crippen MR) is 98.9 cm³/mol. The van der Waals surface area contributed by atoms with Gasteiger partial charge >= 0.3 is 0 Å². The number of carbonyl (C=O) groups is 1. The van der Waals surface area contributed by atoms with Crippen LogP contribution in [0.2, 0.25) is 0 Å². The third-order valence-electron chi connectivity index (χ3n) is 3.82. The fraction of sp³-hybridized carbons (Fsp3) is 0.211. The number of rotatable bonds is 5. The number of methoxy groups -OCH3 is 1. The molecule has 0 aliphatic heterocycles. The summed E-state index contributed by atoms with van der Waals surface area (Å²) in [7, 11) is 3.44. The van der Waals surface area contributed by atoms with Gasteiger partial charge in [-0.15, -0.1) is 11.3 Å². The van der Waals surface area contributed by atoms with Gasteiger partial charge in [-0.2, -0.15) is 0 Å². The van der Waals surface area contributed by atoms with E-state index in [2.05, 4.69) is 9.97 Å². The average molecular weight is 353 g/mol. The highest BCUT2D eigenvalue weighted by Crippen LogP contribution is 2.28. The Morgan fingerprint density at radius 3 is 2.64 bits per heavy atom. The van der Waals surface area contributed by atoms with Crippen LogP contribution in [-0.4, -0.2) is 34.9 Å². The third-order valence-corrected chi connectivity index (χ3v) is 5.02. The normalized spacial score (nSPS) is 10.5. The second kappa shape index (κ2) is 7.44. The molecule has 3 aromatic rings. The molecule has 0 aliphatic rings. The van der Waals surface area contributed by atoms with Gasteiger partial charge in [0.15, 0.2) is 0 Å². The first-order valence-electron chi connectivity index (χ1n) is 7.84. The Balaban J connectivity index is 1.76. The number of nitrogens with zero attached hydrogens (tertiary/aromatic N) is 3. The van der Waals surface area contributed by atoms with Crippen LogP contribution < -0.4 is 4.74 Å². The molecular formula is C19H19N3O2S. The number of aromatic nitrogens is 2. The van der Waals surface area contributed by atoms with Gasteiger partial charge in [0.1, 0.15) is 15.6 Å². The number of thiazole rings is 1. The van der Waals surface area contributed by atoms with E-state index in [1.165, 1.54) is 11.3 Å². The topological polar surface area (TPSA) is 55.3 Å². The van der Waals surface area contributed by atoms with Gasteiger partial charge in [0.2, 0.25) is 0 Å². The van der Waals surface area contributed by atoms with Crippen LogP contribution in [0.15, 0.2) is 48.8 Å². The number of carbonyl (C=O) groups excluding carboxylic acids is 1. The maximum absolute atomic E-state index is 12.8. The third kappa shape index (κ3) is 3.85. The summed E-state index contributed by atoms with van der Waals surface area (Å²) in [5.41, 5.74) is 2.72. The zero-order valence-electron chi connectivity index (χ0n) is 14.4. The standard InChI is InChI=1S/C19H19N3O2S/c1-13-17(25-18(21-13)15-5-4-10-20-11-15)19(23)22(2)12-14-6-8-16(24-3)9-7-14/h4-11H,12H2,1-3H3. The van der Waals surface area contributed by atoms with E-state index in [9.17, 15) is 4.79 Å². The van der Waals surface area contributed by atoms with Crippen molar-refractivity contribution in [3.8, 4) is 16.3 Å². The van der Waals surface area contributed by atoms with Crippen molar-refractivity contribution in [2.75, 3.05) is 14.2 Å². The minimum Gasteiger partial charge on any atom is -0.497 e. The Bertz CT molecular complexity index is 860. The van der Waals surface area contributed by atoms with Crippen molar-refractivity contribution in [1.82, 2.24) is 14.9 Å². The van der Waals surface area contributed by atoms with Crippen LogP contribution >= 0.6 is 11.3 Å². The summed E-state index contributed by atoms with van der Waals surface area (Å²) in [6.07, 6.45) is 3.48. The van der Waals surface area contributed by atoms with Gasteiger partial charge < -0.3 is 9.64 Å². The van der Waals surface area contributed by atoms with Crippen molar-refractivity contribution in [2.45, 2.75) is 13.5 Å². The number of pyridine rings is 1. The highest BCUT2D eigenvalue weighted by molar-refractivity contribution is 7.17. The zero-order chi connectivity index (χ0) is 17.8. The molecule has 0 saturated carbocycles. The van der Waals surface area contributed by atoms with Crippen LogP contribution in [0.1, 0.15) is 20.9 Å². The molecule has 6 heteroatoms. The van der Waals surface area contributed by atoms with Crippen LogP contribution in [0.25, 0.3) is 10.6 Å². The van der Waals surface area contributed by atoms with Crippen molar-refractivity contribution < 1.29 is 9.53 Å². The summed E-state index contributed by atoms with van der Waals surface area (Å²) in [4.78, 5) is 23.8. The number of hydrogen-bond acceptors (Lipinski definition) is 5. The molecule has 0 atom stereocenters. The van der Waals surface area contributed by atoms with Crippen molar-refractivity contribution in [1.29, 1.82) is 0 Å². The van der Waals surface area contributed by atoms with Gasteiger partial charge in [-0.1, -0.05) is 12.1 Å². The van der Waals surface area contributed by atoms with Gasteiger partial charge in [0.25, 0.3) is 5.91 Å². The van der Waals surface area contributed by atoms with E-state index in [0.717, 1.165) is 27.6 Å². The highest BCUT2D eigenvalue weighted by Gasteiger charge is 2.19. The number of ether oxygens (including phenoxy) is 1. The molecule has 0 bridgehead atoms. The highest BCUT2D eigenvalue weighted by atomic mass is 32.1. The lowest BCUT2D eigenvalue weighted by Gasteiger charge is -2.16. The summed E-state index contributed by atoms with van der Waals surface area (Å²) in [6, 6.07) is 11.5. The molecule has 0 unspecified atom stereocenters. The minimum atomic E-state index is -0.0269. The molecule has 128 valence electrons. The van der Waals surface area contributed by atoms with E-state index in [4.69, 9.17) is 4.74 Å². The fourth-order valence-corrected chi connectivity index (χ4v) is 3.51. The largest absolute Gasteiger partial charge is 0.497 e. The van der Waals surface area contributed by atoms with Crippen molar-refractivity contribution in [3.05, 3.63) is 64.9 Å². The van der Waals surface area contributed by atoms with Gasteiger partial charge in [-0.25, -0.2) is 4.98 Å². The molecule has 2 aromatic heterocycles. The molecule has 0 saturated heterocycles. The molecule has 3 rings (SSSR count). The van der Waals surface area contributed by atoms with Gasteiger partial charge in [0, 0.05) is 31.5 Å². The Morgan fingerprint density at radius 1 is 1.24 bits per heavy atom. The molecule has 0 aliphatic carbocycles. The van der Waals surface area contributed by atoms with E-state index in [-0.39, 0.29) is 5.91 Å². The molecule has 5 nitrogen and oxygen atoms in total. The van der Waals surface area contributed by atoms with Crippen LogP contribution in [0, 0.1) is 6.92 Å². The molecular weight excluding hydrogens is 334 g/mol. The van der Waals surface area contributed by atoms with Crippen molar-refractivity contribution in [3.63, 3.8) is 0 Å². The molecule has 2 heterocycles. The maximum Gasteiger partial charge on any atom is 0.265 e. The lowest BCUT2D eigenvalue weighted by atomic mass is 10.2. The number of benzene rings is 1. The molecule has 1 amide bonds. The summed E-state index contributed by atoms with van der Waals surface area (Å²) in [5, 5.41) is 0.812.